The summed E-state index contributed by atoms with van der Waals surface area (Å²) in [7, 11) is -3.99. The van der Waals surface area contributed by atoms with Gasteiger partial charge in [0.05, 0.1) is 11.2 Å². The molecule has 3 rings (SSSR count). The van der Waals surface area contributed by atoms with Crippen LogP contribution in [0.15, 0.2) is 76.2 Å². The standard InChI is InChI=1S/C22H21NO7S/c1-14(2)20(21(24)25)23-31(27,28)18-11-7-16(8-12-18)15-5-9-17(10-6-15)30-22(26)19-4-3-13-29-19/h3-14,20,23H,1-2H3,(H,24,25)/t20-/m1/s1. The average molecular weight is 443 g/mol. The van der Waals surface area contributed by atoms with Gasteiger partial charge in [0.2, 0.25) is 15.8 Å². The van der Waals surface area contributed by atoms with Gasteiger partial charge in [-0.05, 0) is 53.4 Å². The summed E-state index contributed by atoms with van der Waals surface area (Å²) in [5.41, 5.74) is 1.52. The Bertz CT molecular complexity index is 1150. The van der Waals surface area contributed by atoms with E-state index < -0.39 is 33.9 Å². The third-order valence-corrected chi connectivity index (χ3v) is 5.96. The van der Waals surface area contributed by atoms with Gasteiger partial charge in [-0.25, -0.2) is 13.2 Å². The minimum atomic E-state index is -3.99. The molecular formula is C22H21NO7S. The topological polar surface area (TPSA) is 123 Å². The summed E-state index contributed by atoms with van der Waals surface area (Å²) in [5.74, 6) is -1.82. The summed E-state index contributed by atoms with van der Waals surface area (Å²) >= 11 is 0. The highest BCUT2D eigenvalue weighted by atomic mass is 32.2. The maximum absolute atomic E-state index is 12.5. The molecule has 0 radical (unpaired) electrons. The summed E-state index contributed by atoms with van der Waals surface area (Å²) in [5, 5.41) is 9.21. The number of esters is 1. The molecule has 2 aromatic carbocycles. The van der Waals surface area contributed by atoms with E-state index in [2.05, 4.69) is 4.72 Å². The molecular weight excluding hydrogens is 422 g/mol. The van der Waals surface area contributed by atoms with Crippen LogP contribution in [0, 0.1) is 5.92 Å². The van der Waals surface area contributed by atoms with E-state index in [-0.39, 0.29) is 10.7 Å². The van der Waals surface area contributed by atoms with E-state index in [1.165, 1.54) is 24.5 Å². The largest absolute Gasteiger partial charge is 0.480 e. The quantitative estimate of drug-likeness (QED) is 0.403. The van der Waals surface area contributed by atoms with Crippen LogP contribution in [-0.2, 0) is 14.8 Å². The number of hydrogen-bond donors (Lipinski definition) is 2. The number of ether oxygens (including phenoxy) is 1. The third kappa shape index (κ3) is 5.39. The lowest BCUT2D eigenvalue weighted by molar-refractivity contribution is -0.140. The Morgan fingerprint density at radius 2 is 1.55 bits per heavy atom. The van der Waals surface area contributed by atoms with Crippen LogP contribution in [-0.4, -0.2) is 31.5 Å². The predicted molar refractivity (Wildman–Crippen MR) is 112 cm³/mol. The SMILES string of the molecule is CC(C)[C@@H](NS(=O)(=O)c1ccc(-c2ccc(OC(=O)c3ccco3)cc2)cc1)C(=O)O. The van der Waals surface area contributed by atoms with Crippen molar-refractivity contribution in [3.8, 4) is 16.9 Å². The maximum atomic E-state index is 12.5. The van der Waals surface area contributed by atoms with Gasteiger partial charge >= 0.3 is 11.9 Å². The van der Waals surface area contributed by atoms with E-state index in [1.807, 2.05) is 0 Å². The number of carboxylic acids is 1. The third-order valence-electron chi connectivity index (χ3n) is 4.50. The van der Waals surface area contributed by atoms with Crippen LogP contribution < -0.4 is 9.46 Å². The highest BCUT2D eigenvalue weighted by molar-refractivity contribution is 7.89. The van der Waals surface area contributed by atoms with E-state index in [0.717, 1.165) is 11.1 Å². The number of carbonyl (C=O) groups is 2. The number of carboxylic acid groups (broad SMARTS) is 1. The lowest BCUT2D eigenvalue weighted by Gasteiger charge is -2.18. The molecule has 2 N–H and O–H groups in total. The number of sulfonamides is 1. The Balaban J connectivity index is 1.72. The average Bonchev–Trinajstić information content (AvgIpc) is 3.27. The van der Waals surface area contributed by atoms with Crippen LogP contribution in [0.2, 0.25) is 0 Å². The predicted octanol–water partition coefficient (Wildman–Crippen LogP) is 3.55. The van der Waals surface area contributed by atoms with Gasteiger partial charge in [0.15, 0.2) is 0 Å². The number of hydrogen-bond acceptors (Lipinski definition) is 6. The first kappa shape index (κ1) is 22.3. The number of furan rings is 1. The fourth-order valence-electron chi connectivity index (χ4n) is 2.80. The Morgan fingerprint density at radius 3 is 2.03 bits per heavy atom. The zero-order valence-electron chi connectivity index (χ0n) is 16.8. The zero-order chi connectivity index (χ0) is 22.6. The number of rotatable bonds is 8. The first-order valence-corrected chi connectivity index (χ1v) is 10.9. The normalized spacial score (nSPS) is 12.5. The van der Waals surface area contributed by atoms with Gasteiger partial charge in [-0.3, -0.25) is 4.79 Å². The van der Waals surface area contributed by atoms with Crippen LogP contribution in [0.4, 0.5) is 0 Å². The summed E-state index contributed by atoms with van der Waals surface area (Å²) in [6.07, 6.45) is 1.38. The van der Waals surface area contributed by atoms with Crippen LogP contribution in [0.5, 0.6) is 5.75 Å². The smallest absolute Gasteiger partial charge is 0.379 e. The first-order chi connectivity index (χ1) is 14.7. The molecule has 0 aliphatic rings. The molecule has 162 valence electrons. The van der Waals surface area contributed by atoms with Crippen molar-refractivity contribution in [1.82, 2.24) is 4.72 Å². The summed E-state index contributed by atoms with van der Waals surface area (Å²) in [6, 6.07) is 14.6. The van der Waals surface area contributed by atoms with E-state index in [4.69, 9.17) is 9.15 Å². The van der Waals surface area contributed by atoms with Gasteiger partial charge in [-0.1, -0.05) is 38.1 Å². The van der Waals surface area contributed by atoms with Crippen molar-refractivity contribution in [3.63, 3.8) is 0 Å². The molecule has 8 nitrogen and oxygen atoms in total. The van der Waals surface area contributed by atoms with Gasteiger partial charge < -0.3 is 14.3 Å². The molecule has 0 aliphatic carbocycles. The summed E-state index contributed by atoms with van der Waals surface area (Å²) in [6.45, 7) is 3.25. The molecule has 3 aromatic rings. The van der Waals surface area contributed by atoms with Crippen molar-refractivity contribution < 1.29 is 32.3 Å². The maximum Gasteiger partial charge on any atom is 0.379 e. The van der Waals surface area contributed by atoms with Crippen molar-refractivity contribution in [2.24, 2.45) is 5.92 Å². The minimum Gasteiger partial charge on any atom is -0.480 e. The first-order valence-electron chi connectivity index (χ1n) is 9.38. The molecule has 0 amide bonds. The molecule has 0 fully saturated rings. The molecule has 0 saturated carbocycles. The van der Waals surface area contributed by atoms with Gasteiger partial charge in [-0.15, -0.1) is 0 Å². The molecule has 0 spiro atoms. The molecule has 9 heteroatoms. The van der Waals surface area contributed by atoms with Crippen molar-refractivity contribution in [2.45, 2.75) is 24.8 Å². The highest BCUT2D eigenvalue weighted by Gasteiger charge is 2.28. The number of aliphatic carboxylic acids is 1. The second kappa shape index (κ2) is 9.15. The van der Waals surface area contributed by atoms with Gasteiger partial charge in [-0.2, -0.15) is 4.72 Å². The van der Waals surface area contributed by atoms with Crippen LogP contribution in [0.1, 0.15) is 24.4 Å². The summed E-state index contributed by atoms with van der Waals surface area (Å²) in [4.78, 5) is 23.2. The highest BCUT2D eigenvalue weighted by Crippen LogP contribution is 2.24. The fraction of sp³-hybridized carbons (Fsp3) is 0.182. The molecule has 0 unspecified atom stereocenters. The lowest BCUT2D eigenvalue weighted by Crippen LogP contribution is -2.44. The van der Waals surface area contributed by atoms with Crippen LogP contribution >= 0.6 is 0 Å². The minimum absolute atomic E-state index is 0.0350. The molecule has 0 saturated heterocycles. The molecule has 1 atom stereocenters. The van der Waals surface area contributed by atoms with E-state index in [1.54, 1.807) is 56.3 Å². The molecule has 0 bridgehead atoms. The molecule has 0 aliphatic heterocycles. The van der Waals surface area contributed by atoms with E-state index in [9.17, 15) is 23.1 Å². The van der Waals surface area contributed by atoms with Crippen LogP contribution in [0.25, 0.3) is 11.1 Å². The second-order valence-corrected chi connectivity index (χ2v) is 8.81. The Hall–Kier alpha value is -3.43. The number of benzene rings is 2. The molecule has 31 heavy (non-hydrogen) atoms. The Labute approximate surface area is 179 Å². The Morgan fingerprint density at radius 1 is 0.968 bits per heavy atom. The number of carbonyl (C=O) groups excluding carboxylic acids is 1. The Kier molecular flexibility index (Phi) is 6.57. The monoisotopic (exact) mass is 443 g/mol. The van der Waals surface area contributed by atoms with Gasteiger partial charge in [0, 0.05) is 0 Å². The lowest BCUT2D eigenvalue weighted by atomic mass is 10.1. The molecule has 1 aromatic heterocycles. The van der Waals surface area contributed by atoms with Crippen molar-refractivity contribution in [3.05, 3.63) is 72.7 Å². The zero-order valence-corrected chi connectivity index (χ0v) is 17.6. The van der Waals surface area contributed by atoms with E-state index in [0.29, 0.717) is 5.75 Å². The second-order valence-electron chi connectivity index (χ2n) is 7.10. The fourth-order valence-corrected chi connectivity index (χ4v) is 4.14. The molecule has 1 heterocycles. The van der Waals surface area contributed by atoms with Crippen molar-refractivity contribution in [1.29, 1.82) is 0 Å². The van der Waals surface area contributed by atoms with Crippen molar-refractivity contribution >= 4 is 22.0 Å². The van der Waals surface area contributed by atoms with E-state index >= 15 is 0 Å². The van der Waals surface area contributed by atoms with Crippen molar-refractivity contribution in [2.75, 3.05) is 0 Å². The van der Waals surface area contributed by atoms with Gasteiger partial charge in [0.25, 0.3) is 0 Å². The van der Waals surface area contributed by atoms with Gasteiger partial charge in [0.1, 0.15) is 11.8 Å². The number of nitrogens with one attached hydrogen (secondary N) is 1. The van der Waals surface area contributed by atoms with Crippen LogP contribution in [0.3, 0.4) is 0 Å². The summed E-state index contributed by atoms with van der Waals surface area (Å²) < 4.78 is 37.5.